The summed E-state index contributed by atoms with van der Waals surface area (Å²) in [7, 11) is 0. The quantitative estimate of drug-likeness (QED) is 0.792. The lowest BCUT2D eigenvalue weighted by Gasteiger charge is -2.26. The topological polar surface area (TPSA) is 35.2 Å². The normalized spacial score (nSPS) is 25.4. The van der Waals surface area contributed by atoms with Crippen molar-refractivity contribution in [2.75, 3.05) is 6.73 Å². The van der Waals surface area contributed by atoms with Crippen molar-refractivity contribution in [3.05, 3.63) is 29.8 Å². The molecule has 2 heteroatoms. The first-order valence-corrected chi connectivity index (χ1v) is 6.22. The summed E-state index contributed by atoms with van der Waals surface area (Å²) >= 11 is 0. The standard InChI is InChI=1S/C14H21NO/c1-11-2-4-12(5-3-11)13-6-8-14(9-7-13)16-10-15/h6-9,11-12H,2-5,10,15H2,1H3. The van der Waals surface area contributed by atoms with Crippen LogP contribution in [-0.4, -0.2) is 6.73 Å². The third kappa shape index (κ3) is 2.76. The minimum atomic E-state index is 0.250. The second-order valence-electron chi connectivity index (χ2n) is 4.84. The van der Waals surface area contributed by atoms with Gasteiger partial charge in [0, 0.05) is 0 Å². The molecular weight excluding hydrogens is 198 g/mol. The van der Waals surface area contributed by atoms with E-state index in [1.165, 1.54) is 31.2 Å². The van der Waals surface area contributed by atoms with Crippen molar-refractivity contribution in [1.82, 2.24) is 0 Å². The lowest BCUT2D eigenvalue weighted by atomic mass is 9.79. The van der Waals surface area contributed by atoms with Gasteiger partial charge in [0.1, 0.15) is 12.5 Å². The fourth-order valence-electron chi connectivity index (χ4n) is 2.53. The lowest BCUT2D eigenvalue weighted by molar-refractivity contribution is 0.328. The molecule has 1 aliphatic carbocycles. The molecule has 0 saturated heterocycles. The highest BCUT2D eigenvalue weighted by Gasteiger charge is 2.19. The van der Waals surface area contributed by atoms with Gasteiger partial charge in [-0.3, -0.25) is 5.73 Å². The smallest absolute Gasteiger partial charge is 0.137 e. The Hall–Kier alpha value is -1.02. The third-order valence-corrected chi connectivity index (χ3v) is 3.62. The van der Waals surface area contributed by atoms with Gasteiger partial charge >= 0.3 is 0 Å². The summed E-state index contributed by atoms with van der Waals surface area (Å²) in [5.41, 5.74) is 6.79. The van der Waals surface area contributed by atoms with Crippen molar-refractivity contribution in [3.63, 3.8) is 0 Å². The molecule has 88 valence electrons. The zero-order valence-electron chi connectivity index (χ0n) is 9.99. The molecular formula is C14H21NO. The second kappa shape index (κ2) is 5.35. The Morgan fingerprint density at radius 1 is 1.12 bits per heavy atom. The second-order valence-corrected chi connectivity index (χ2v) is 4.84. The predicted molar refractivity (Wildman–Crippen MR) is 66.5 cm³/mol. The van der Waals surface area contributed by atoms with Crippen LogP contribution >= 0.6 is 0 Å². The van der Waals surface area contributed by atoms with Gasteiger partial charge in [0.2, 0.25) is 0 Å². The molecule has 0 amide bonds. The maximum Gasteiger partial charge on any atom is 0.137 e. The van der Waals surface area contributed by atoms with Gasteiger partial charge in [0.05, 0.1) is 0 Å². The molecule has 1 saturated carbocycles. The summed E-state index contributed by atoms with van der Waals surface area (Å²) in [5, 5.41) is 0. The molecule has 0 atom stereocenters. The minimum Gasteiger partial charge on any atom is -0.479 e. The summed E-state index contributed by atoms with van der Waals surface area (Å²) < 4.78 is 5.24. The van der Waals surface area contributed by atoms with Crippen LogP contribution in [0.15, 0.2) is 24.3 Å². The molecule has 1 aromatic rings. The average molecular weight is 219 g/mol. The lowest BCUT2D eigenvalue weighted by Crippen LogP contribution is -2.11. The largest absolute Gasteiger partial charge is 0.479 e. The molecule has 16 heavy (non-hydrogen) atoms. The highest BCUT2D eigenvalue weighted by molar-refractivity contribution is 5.29. The van der Waals surface area contributed by atoms with E-state index in [4.69, 9.17) is 10.5 Å². The number of nitrogens with two attached hydrogens (primary N) is 1. The number of ether oxygens (including phenoxy) is 1. The molecule has 0 aliphatic heterocycles. The van der Waals surface area contributed by atoms with Gasteiger partial charge in [0.15, 0.2) is 0 Å². The van der Waals surface area contributed by atoms with Crippen LogP contribution in [0, 0.1) is 5.92 Å². The van der Waals surface area contributed by atoms with E-state index < -0.39 is 0 Å². The Morgan fingerprint density at radius 3 is 2.31 bits per heavy atom. The number of rotatable bonds is 3. The molecule has 0 spiro atoms. The van der Waals surface area contributed by atoms with Crippen LogP contribution in [0.5, 0.6) is 5.75 Å². The van der Waals surface area contributed by atoms with Gasteiger partial charge in [-0.15, -0.1) is 0 Å². The molecule has 2 nitrogen and oxygen atoms in total. The molecule has 2 rings (SSSR count). The van der Waals surface area contributed by atoms with E-state index >= 15 is 0 Å². The van der Waals surface area contributed by atoms with E-state index in [1.807, 2.05) is 12.1 Å². The Kier molecular flexibility index (Phi) is 3.83. The van der Waals surface area contributed by atoms with E-state index in [0.717, 1.165) is 17.6 Å². The number of hydrogen-bond donors (Lipinski definition) is 1. The Labute approximate surface area is 97.8 Å². The predicted octanol–water partition coefficient (Wildman–Crippen LogP) is 3.28. The van der Waals surface area contributed by atoms with Gasteiger partial charge in [0.25, 0.3) is 0 Å². The fourth-order valence-corrected chi connectivity index (χ4v) is 2.53. The van der Waals surface area contributed by atoms with Gasteiger partial charge in [-0.1, -0.05) is 31.9 Å². The highest BCUT2D eigenvalue weighted by atomic mass is 16.5. The van der Waals surface area contributed by atoms with Crippen molar-refractivity contribution < 1.29 is 4.74 Å². The van der Waals surface area contributed by atoms with E-state index in [2.05, 4.69) is 19.1 Å². The van der Waals surface area contributed by atoms with Crippen molar-refractivity contribution in [3.8, 4) is 5.75 Å². The molecule has 0 unspecified atom stereocenters. The maximum absolute atomic E-state index is 5.33. The highest BCUT2D eigenvalue weighted by Crippen LogP contribution is 2.35. The van der Waals surface area contributed by atoms with Crippen LogP contribution in [0.3, 0.4) is 0 Å². The van der Waals surface area contributed by atoms with E-state index in [9.17, 15) is 0 Å². The summed E-state index contributed by atoms with van der Waals surface area (Å²) in [5.74, 6) is 2.54. The maximum atomic E-state index is 5.33. The Balaban J connectivity index is 1.98. The molecule has 1 fully saturated rings. The van der Waals surface area contributed by atoms with Gasteiger partial charge in [-0.05, 0) is 42.4 Å². The summed E-state index contributed by atoms with van der Waals surface area (Å²) in [6.45, 7) is 2.61. The van der Waals surface area contributed by atoms with E-state index in [-0.39, 0.29) is 6.73 Å². The van der Waals surface area contributed by atoms with Crippen molar-refractivity contribution in [1.29, 1.82) is 0 Å². The fraction of sp³-hybridized carbons (Fsp3) is 0.571. The van der Waals surface area contributed by atoms with Gasteiger partial charge < -0.3 is 4.74 Å². The van der Waals surface area contributed by atoms with Crippen LogP contribution in [-0.2, 0) is 0 Å². The van der Waals surface area contributed by atoms with Gasteiger partial charge in [-0.25, -0.2) is 0 Å². The molecule has 0 heterocycles. The van der Waals surface area contributed by atoms with E-state index in [0.29, 0.717) is 0 Å². The zero-order chi connectivity index (χ0) is 11.4. The Bertz CT molecular complexity index is 312. The van der Waals surface area contributed by atoms with Crippen LogP contribution in [0.2, 0.25) is 0 Å². The SMILES string of the molecule is CC1CCC(c2ccc(OCN)cc2)CC1. The summed E-state index contributed by atoms with van der Waals surface area (Å²) in [6.07, 6.45) is 5.40. The summed E-state index contributed by atoms with van der Waals surface area (Å²) in [6, 6.07) is 8.43. The first-order chi connectivity index (χ1) is 7.79. The van der Waals surface area contributed by atoms with Gasteiger partial charge in [-0.2, -0.15) is 0 Å². The molecule has 0 bridgehead atoms. The average Bonchev–Trinajstić information content (AvgIpc) is 2.32. The zero-order valence-corrected chi connectivity index (χ0v) is 9.99. The molecule has 0 radical (unpaired) electrons. The summed E-state index contributed by atoms with van der Waals surface area (Å²) in [4.78, 5) is 0. The number of benzene rings is 1. The van der Waals surface area contributed by atoms with Crippen LogP contribution < -0.4 is 10.5 Å². The minimum absolute atomic E-state index is 0.250. The monoisotopic (exact) mass is 219 g/mol. The Morgan fingerprint density at radius 2 is 1.75 bits per heavy atom. The molecule has 1 aromatic carbocycles. The first kappa shape index (κ1) is 11.5. The van der Waals surface area contributed by atoms with Crippen LogP contribution in [0.4, 0.5) is 0 Å². The van der Waals surface area contributed by atoms with Crippen molar-refractivity contribution in [2.24, 2.45) is 11.7 Å². The van der Waals surface area contributed by atoms with E-state index in [1.54, 1.807) is 0 Å². The van der Waals surface area contributed by atoms with Crippen LogP contribution in [0.25, 0.3) is 0 Å². The molecule has 2 N–H and O–H groups in total. The first-order valence-electron chi connectivity index (χ1n) is 6.22. The number of hydrogen-bond acceptors (Lipinski definition) is 2. The molecule has 0 aromatic heterocycles. The van der Waals surface area contributed by atoms with Crippen LogP contribution in [0.1, 0.15) is 44.1 Å². The third-order valence-electron chi connectivity index (χ3n) is 3.62. The molecule has 1 aliphatic rings. The van der Waals surface area contributed by atoms with Crippen molar-refractivity contribution in [2.45, 2.75) is 38.5 Å². The van der Waals surface area contributed by atoms with Crippen molar-refractivity contribution >= 4 is 0 Å².